The Morgan fingerprint density at radius 1 is 1.07 bits per heavy atom. The van der Waals surface area contributed by atoms with Crippen LogP contribution in [-0.2, 0) is 6.42 Å². The number of benzene rings is 2. The second kappa shape index (κ2) is 6.76. The minimum absolute atomic E-state index is 0.247. The maximum atomic E-state index is 11.8. The number of hydrogen-bond acceptors (Lipinski definition) is 5. The Kier molecular flexibility index (Phi) is 4.28. The van der Waals surface area contributed by atoms with Gasteiger partial charge in [0, 0.05) is 16.5 Å². The molecule has 0 unspecified atom stereocenters. The first kappa shape index (κ1) is 17.1. The fourth-order valence-corrected chi connectivity index (χ4v) is 3.73. The number of carboxylic acid groups (broad SMARTS) is 1. The second-order valence-electron chi connectivity index (χ2n) is 6.37. The van der Waals surface area contributed by atoms with Gasteiger partial charge in [-0.2, -0.15) is 0 Å². The number of nitrogens with zero attached hydrogens (tertiary/aromatic N) is 1. The first-order chi connectivity index (χ1) is 13.1. The van der Waals surface area contributed by atoms with Crippen molar-refractivity contribution in [1.82, 2.24) is 4.98 Å². The van der Waals surface area contributed by atoms with Gasteiger partial charge in [-0.1, -0.05) is 30.3 Å². The van der Waals surface area contributed by atoms with Crippen LogP contribution in [0.5, 0.6) is 11.5 Å². The van der Waals surface area contributed by atoms with E-state index in [1.165, 1.54) is 0 Å². The van der Waals surface area contributed by atoms with Crippen molar-refractivity contribution in [2.24, 2.45) is 0 Å². The van der Waals surface area contributed by atoms with Crippen LogP contribution in [0.3, 0.4) is 0 Å². The Bertz CT molecular complexity index is 1090. The largest absolute Gasteiger partial charge is 0.545 e. The van der Waals surface area contributed by atoms with Crippen molar-refractivity contribution in [3.63, 3.8) is 0 Å². The van der Waals surface area contributed by atoms with Gasteiger partial charge in [0.2, 0.25) is 0 Å². The van der Waals surface area contributed by atoms with Crippen LogP contribution >= 0.6 is 0 Å². The van der Waals surface area contributed by atoms with Crippen molar-refractivity contribution in [3.8, 4) is 11.5 Å². The molecule has 1 aliphatic carbocycles. The molecule has 0 saturated carbocycles. The van der Waals surface area contributed by atoms with E-state index >= 15 is 0 Å². The van der Waals surface area contributed by atoms with Gasteiger partial charge >= 0.3 is 0 Å². The van der Waals surface area contributed by atoms with Crippen LogP contribution in [0.4, 0.5) is 0 Å². The number of methoxy groups -OCH3 is 2. The number of hydrogen-bond donors (Lipinski definition) is 0. The van der Waals surface area contributed by atoms with E-state index < -0.39 is 5.97 Å². The molecule has 0 N–H and O–H groups in total. The molecule has 136 valence electrons. The van der Waals surface area contributed by atoms with Gasteiger partial charge in [0.05, 0.1) is 31.4 Å². The number of rotatable bonds is 4. The normalized spacial score (nSPS) is 14.4. The van der Waals surface area contributed by atoms with Crippen LogP contribution in [0, 0.1) is 0 Å². The van der Waals surface area contributed by atoms with Crippen LogP contribution in [-0.4, -0.2) is 25.2 Å². The van der Waals surface area contributed by atoms with Gasteiger partial charge in [-0.3, -0.25) is 0 Å². The molecule has 5 heteroatoms. The van der Waals surface area contributed by atoms with Gasteiger partial charge in [0.15, 0.2) is 11.5 Å². The van der Waals surface area contributed by atoms with Crippen molar-refractivity contribution in [2.75, 3.05) is 14.2 Å². The number of carboxylic acids is 1. The van der Waals surface area contributed by atoms with E-state index in [2.05, 4.69) is 0 Å². The van der Waals surface area contributed by atoms with E-state index in [1.54, 1.807) is 20.3 Å². The van der Waals surface area contributed by atoms with Gasteiger partial charge < -0.3 is 19.4 Å². The molecule has 27 heavy (non-hydrogen) atoms. The van der Waals surface area contributed by atoms with Crippen molar-refractivity contribution < 1.29 is 19.4 Å². The Hall–Kier alpha value is -3.34. The summed E-state index contributed by atoms with van der Waals surface area (Å²) in [5.41, 5.74) is 4.20. The third kappa shape index (κ3) is 2.81. The topological polar surface area (TPSA) is 71.5 Å². The Morgan fingerprint density at radius 2 is 1.89 bits per heavy atom. The molecular formula is C22H18NO4-. The van der Waals surface area contributed by atoms with Gasteiger partial charge in [0.25, 0.3) is 0 Å². The molecule has 0 spiro atoms. The van der Waals surface area contributed by atoms with Crippen molar-refractivity contribution in [2.45, 2.75) is 12.8 Å². The Balaban J connectivity index is 1.92. The number of aromatic carboxylic acids is 1. The number of fused-ring (bicyclic) bond motifs is 2. The maximum absolute atomic E-state index is 11.8. The summed E-state index contributed by atoms with van der Waals surface area (Å²) in [5, 5.41) is 12.5. The second-order valence-corrected chi connectivity index (χ2v) is 6.37. The van der Waals surface area contributed by atoms with Crippen LogP contribution in [0.15, 0.2) is 42.5 Å². The van der Waals surface area contributed by atoms with E-state index in [0.717, 1.165) is 22.4 Å². The zero-order chi connectivity index (χ0) is 19.0. The van der Waals surface area contributed by atoms with Gasteiger partial charge in [-0.15, -0.1) is 0 Å². The number of aromatic nitrogens is 1. The summed E-state index contributed by atoms with van der Waals surface area (Å²) in [6.45, 7) is 0. The minimum Gasteiger partial charge on any atom is -0.545 e. The zero-order valence-electron chi connectivity index (χ0n) is 15.1. The van der Waals surface area contributed by atoms with E-state index in [1.807, 2.05) is 42.5 Å². The lowest BCUT2D eigenvalue weighted by atomic mass is 10.0. The van der Waals surface area contributed by atoms with Gasteiger partial charge in [-0.25, -0.2) is 4.98 Å². The average molecular weight is 360 g/mol. The Morgan fingerprint density at radius 3 is 2.63 bits per heavy atom. The highest BCUT2D eigenvalue weighted by molar-refractivity contribution is 6.05. The fraction of sp³-hybridized carbons (Fsp3) is 0.182. The molecule has 4 rings (SSSR count). The summed E-state index contributed by atoms with van der Waals surface area (Å²) < 4.78 is 10.9. The van der Waals surface area contributed by atoms with Crippen molar-refractivity contribution in [3.05, 3.63) is 64.8 Å². The van der Waals surface area contributed by atoms with Crippen molar-refractivity contribution >= 4 is 28.5 Å². The highest BCUT2D eigenvalue weighted by Crippen LogP contribution is 2.39. The predicted molar refractivity (Wildman–Crippen MR) is 102 cm³/mol. The third-order valence-electron chi connectivity index (χ3n) is 4.91. The number of carbonyl (C=O) groups is 1. The molecule has 0 amide bonds. The number of pyridine rings is 1. The third-order valence-corrected chi connectivity index (χ3v) is 4.91. The van der Waals surface area contributed by atoms with Crippen molar-refractivity contribution in [1.29, 1.82) is 0 Å². The summed E-state index contributed by atoms with van der Waals surface area (Å²) in [7, 11) is 3.20. The summed E-state index contributed by atoms with van der Waals surface area (Å²) in [6.07, 6.45) is 3.32. The summed E-state index contributed by atoms with van der Waals surface area (Å²) >= 11 is 0. The first-order valence-corrected chi connectivity index (χ1v) is 8.69. The van der Waals surface area contributed by atoms with Gasteiger partial charge in [0.1, 0.15) is 0 Å². The lowest BCUT2D eigenvalue weighted by Gasteiger charge is -2.13. The molecule has 0 saturated heterocycles. The van der Waals surface area contributed by atoms with E-state index in [4.69, 9.17) is 14.5 Å². The van der Waals surface area contributed by atoms with E-state index in [9.17, 15) is 9.90 Å². The highest BCUT2D eigenvalue weighted by atomic mass is 16.5. The molecule has 0 aliphatic heterocycles. The van der Waals surface area contributed by atoms with Crippen LogP contribution < -0.4 is 14.6 Å². The number of allylic oxidation sites excluding steroid dienone is 1. The predicted octanol–water partition coefficient (Wildman–Crippen LogP) is 3.10. The van der Waals surface area contributed by atoms with Crippen LogP contribution in [0.1, 0.15) is 33.6 Å². The molecular weight excluding hydrogens is 342 g/mol. The highest BCUT2D eigenvalue weighted by Gasteiger charge is 2.24. The van der Waals surface area contributed by atoms with E-state index in [0.29, 0.717) is 35.2 Å². The molecule has 2 aromatic carbocycles. The standard InChI is InChI=1S/C22H19NO4/c1-26-18-9-5-6-14(21(18)27-2)12-13-10-11-16-19(22(24)25)15-7-3-4-8-17(15)23-20(13)16/h3-9,12H,10-11H2,1-2H3,(H,24,25)/p-1/b13-12+. The lowest BCUT2D eigenvalue weighted by molar-refractivity contribution is -0.254. The molecule has 0 atom stereocenters. The number of carbonyl (C=O) groups excluding carboxylic acids is 1. The smallest absolute Gasteiger partial charge is 0.167 e. The quantitative estimate of drug-likeness (QED) is 0.715. The molecule has 5 nitrogen and oxygen atoms in total. The van der Waals surface area contributed by atoms with E-state index in [-0.39, 0.29) is 5.56 Å². The molecule has 0 fully saturated rings. The zero-order valence-corrected chi connectivity index (χ0v) is 15.1. The first-order valence-electron chi connectivity index (χ1n) is 8.69. The SMILES string of the molecule is COc1cccc(/C=C2\CCc3c2nc2ccccc2c3C(=O)[O-])c1OC. The Labute approximate surface area is 156 Å². The number of para-hydroxylation sites is 2. The summed E-state index contributed by atoms with van der Waals surface area (Å²) in [6, 6.07) is 12.9. The van der Waals surface area contributed by atoms with Gasteiger partial charge in [-0.05, 0) is 42.2 Å². The molecule has 0 bridgehead atoms. The maximum Gasteiger partial charge on any atom is 0.167 e. The monoisotopic (exact) mass is 360 g/mol. The molecule has 1 aliphatic rings. The van der Waals surface area contributed by atoms with Crippen LogP contribution in [0.2, 0.25) is 0 Å². The van der Waals surface area contributed by atoms with Crippen LogP contribution in [0.25, 0.3) is 22.6 Å². The number of ether oxygens (including phenoxy) is 2. The summed E-state index contributed by atoms with van der Waals surface area (Å²) in [5.74, 6) is 0.124. The molecule has 1 heterocycles. The lowest BCUT2D eigenvalue weighted by Crippen LogP contribution is -2.24. The fourth-order valence-electron chi connectivity index (χ4n) is 3.73. The molecule has 3 aromatic rings. The summed E-state index contributed by atoms with van der Waals surface area (Å²) in [4.78, 5) is 16.6. The average Bonchev–Trinajstić information content (AvgIpc) is 3.07. The molecule has 1 aromatic heterocycles. The molecule has 0 radical (unpaired) electrons. The minimum atomic E-state index is -1.16.